The maximum Gasteiger partial charge on any atom is 0.0623 e. The van der Waals surface area contributed by atoms with Crippen LogP contribution in [0.25, 0.3) is 0 Å². The third kappa shape index (κ3) is 2.58. The highest BCUT2D eigenvalue weighted by atomic mass is 16.5. The van der Waals surface area contributed by atoms with Crippen LogP contribution in [0.15, 0.2) is 0 Å². The molecule has 1 aliphatic heterocycles. The highest BCUT2D eigenvalue weighted by Crippen LogP contribution is 2.51. The first-order valence-electron chi connectivity index (χ1n) is 6.64. The fraction of sp³-hybridized carbons (Fsp3) is 1.00. The third-order valence-electron chi connectivity index (χ3n) is 4.57. The standard InChI is InChI=1S/C13H26N2O/c1-10(2)13(4-5-13)9-15-6-11-7-16-8-12(11)14-3/h10-12,14-15H,4-9H2,1-3H3. The fourth-order valence-electron chi connectivity index (χ4n) is 2.74. The average Bonchev–Trinajstić information content (AvgIpc) is 2.91. The zero-order chi connectivity index (χ0) is 11.6. The van der Waals surface area contributed by atoms with Gasteiger partial charge in [-0.05, 0) is 31.2 Å². The van der Waals surface area contributed by atoms with Gasteiger partial charge in [0.05, 0.1) is 13.2 Å². The van der Waals surface area contributed by atoms with E-state index in [9.17, 15) is 0 Å². The number of ether oxygens (including phenoxy) is 1. The Morgan fingerprint density at radius 2 is 2.06 bits per heavy atom. The highest BCUT2D eigenvalue weighted by molar-refractivity contribution is 4.97. The number of rotatable bonds is 6. The first kappa shape index (κ1) is 12.3. The molecular weight excluding hydrogens is 200 g/mol. The Morgan fingerprint density at radius 1 is 1.31 bits per heavy atom. The van der Waals surface area contributed by atoms with E-state index >= 15 is 0 Å². The van der Waals surface area contributed by atoms with E-state index in [0.29, 0.717) is 17.4 Å². The van der Waals surface area contributed by atoms with Crippen LogP contribution in [0.2, 0.25) is 0 Å². The minimum absolute atomic E-state index is 0.543. The summed E-state index contributed by atoms with van der Waals surface area (Å²) in [6.45, 7) is 8.77. The maximum atomic E-state index is 5.50. The summed E-state index contributed by atoms with van der Waals surface area (Å²) in [5, 5.41) is 6.99. The van der Waals surface area contributed by atoms with Crippen molar-refractivity contribution in [1.29, 1.82) is 0 Å². The molecule has 2 rings (SSSR count). The molecule has 0 bridgehead atoms. The second-order valence-corrected chi connectivity index (χ2v) is 5.84. The van der Waals surface area contributed by atoms with Gasteiger partial charge in [0.15, 0.2) is 0 Å². The number of likely N-dealkylation sites (N-methyl/N-ethyl adjacent to an activating group) is 1. The molecule has 1 saturated carbocycles. The predicted molar refractivity (Wildman–Crippen MR) is 66.5 cm³/mol. The molecule has 0 aromatic carbocycles. The molecular formula is C13H26N2O. The topological polar surface area (TPSA) is 33.3 Å². The first-order valence-corrected chi connectivity index (χ1v) is 6.64. The van der Waals surface area contributed by atoms with E-state index in [0.717, 1.165) is 25.7 Å². The lowest BCUT2D eigenvalue weighted by molar-refractivity contribution is 0.182. The van der Waals surface area contributed by atoms with Crippen molar-refractivity contribution >= 4 is 0 Å². The Kier molecular flexibility index (Phi) is 3.88. The molecule has 3 nitrogen and oxygen atoms in total. The van der Waals surface area contributed by atoms with Gasteiger partial charge in [-0.25, -0.2) is 0 Å². The molecule has 1 saturated heterocycles. The van der Waals surface area contributed by atoms with Crippen LogP contribution >= 0.6 is 0 Å². The van der Waals surface area contributed by atoms with Crippen molar-refractivity contribution in [3.05, 3.63) is 0 Å². The monoisotopic (exact) mass is 226 g/mol. The van der Waals surface area contributed by atoms with Gasteiger partial charge in [0.25, 0.3) is 0 Å². The van der Waals surface area contributed by atoms with Crippen molar-refractivity contribution in [2.45, 2.75) is 32.7 Å². The Hall–Kier alpha value is -0.120. The molecule has 0 aromatic heterocycles. The van der Waals surface area contributed by atoms with Crippen LogP contribution in [0.5, 0.6) is 0 Å². The summed E-state index contributed by atoms with van der Waals surface area (Å²) < 4.78 is 5.50. The predicted octanol–water partition coefficient (Wildman–Crippen LogP) is 1.25. The van der Waals surface area contributed by atoms with Crippen LogP contribution in [0.4, 0.5) is 0 Å². The van der Waals surface area contributed by atoms with Gasteiger partial charge in [0, 0.05) is 25.0 Å². The Labute approximate surface area is 99.3 Å². The molecule has 16 heavy (non-hydrogen) atoms. The summed E-state index contributed by atoms with van der Waals surface area (Å²) in [7, 11) is 2.03. The fourth-order valence-corrected chi connectivity index (χ4v) is 2.74. The Balaban J connectivity index is 1.68. The van der Waals surface area contributed by atoms with Crippen molar-refractivity contribution in [3.8, 4) is 0 Å². The van der Waals surface area contributed by atoms with Crippen LogP contribution in [0, 0.1) is 17.3 Å². The zero-order valence-electron chi connectivity index (χ0n) is 10.9. The van der Waals surface area contributed by atoms with Crippen LogP contribution in [-0.2, 0) is 4.74 Å². The Morgan fingerprint density at radius 3 is 2.62 bits per heavy atom. The highest BCUT2D eigenvalue weighted by Gasteiger charge is 2.44. The van der Waals surface area contributed by atoms with Gasteiger partial charge >= 0.3 is 0 Å². The summed E-state index contributed by atoms with van der Waals surface area (Å²) in [6, 6.07) is 0.543. The average molecular weight is 226 g/mol. The van der Waals surface area contributed by atoms with E-state index in [1.807, 2.05) is 7.05 Å². The van der Waals surface area contributed by atoms with Crippen molar-refractivity contribution in [3.63, 3.8) is 0 Å². The molecule has 0 amide bonds. The van der Waals surface area contributed by atoms with Crippen molar-refractivity contribution in [2.75, 3.05) is 33.4 Å². The van der Waals surface area contributed by atoms with Crippen molar-refractivity contribution in [2.24, 2.45) is 17.3 Å². The molecule has 0 radical (unpaired) electrons. The van der Waals surface area contributed by atoms with Crippen LogP contribution in [0.3, 0.4) is 0 Å². The van der Waals surface area contributed by atoms with Gasteiger partial charge in [0.2, 0.25) is 0 Å². The van der Waals surface area contributed by atoms with E-state index in [1.54, 1.807) is 0 Å². The van der Waals surface area contributed by atoms with E-state index in [1.165, 1.54) is 19.4 Å². The molecule has 2 fully saturated rings. The molecule has 2 unspecified atom stereocenters. The number of nitrogens with one attached hydrogen (secondary N) is 2. The van der Waals surface area contributed by atoms with Crippen molar-refractivity contribution < 1.29 is 4.74 Å². The second kappa shape index (κ2) is 5.03. The number of hydrogen-bond acceptors (Lipinski definition) is 3. The Bertz CT molecular complexity index is 226. The van der Waals surface area contributed by atoms with Gasteiger partial charge in [-0.2, -0.15) is 0 Å². The first-order chi connectivity index (χ1) is 7.68. The van der Waals surface area contributed by atoms with Gasteiger partial charge in [0.1, 0.15) is 0 Å². The quantitative estimate of drug-likeness (QED) is 0.715. The minimum atomic E-state index is 0.543. The lowest BCUT2D eigenvalue weighted by Crippen LogP contribution is -2.40. The SMILES string of the molecule is CNC1COCC1CNCC1(C(C)C)CC1. The lowest BCUT2D eigenvalue weighted by Gasteiger charge is -2.23. The molecule has 2 atom stereocenters. The molecule has 1 aliphatic carbocycles. The summed E-state index contributed by atoms with van der Waals surface area (Å²) in [5.41, 5.74) is 0.620. The lowest BCUT2D eigenvalue weighted by atomic mass is 9.92. The summed E-state index contributed by atoms with van der Waals surface area (Å²) in [5.74, 6) is 1.47. The molecule has 0 aromatic rings. The molecule has 2 aliphatic rings. The molecule has 0 spiro atoms. The molecule has 3 heteroatoms. The smallest absolute Gasteiger partial charge is 0.0623 e. The van der Waals surface area contributed by atoms with Crippen LogP contribution in [-0.4, -0.2) is 39.4 Å². The number of hydrogen-bond donors (Lipinski definition) is 2. The summed E-state index contributed by atoms with van der Waals surface area (Å²) in [6.07, 6.45) is 2.82. The van der Waals surface area contributed by atoms with E-state index in [-0.39, 0.29) is 0 Å². The molecule has 1 heterocycles. The van der Waals surface area contributed by atoms with E-state index < -0.39 is 0 Å². The van der Waals surface area contributed by atoms with Gasteiger partial charge in [-0.3, -0.25) is 0 Å². The third-order valence-corrected chi connectivity index (χ3v) is 4.57. The van der Waals surface area contributed by atoms with Gasteiger partial charge in [-0.1, -0.05) is 13.8 Å². The van der Waals surface area contributed by atoms with E-state index in [2.05, 4.69) is 24.5 Å². The zero-order valence-corrected chi connectivity index (χ0v) is 10.9. The second-order valence-electron chi connectivity index (χ2n) is 5.84. The summed E-state index contributed by atoms with van der Waals surface area (Å²) >= 11 is 0. The van der Waals surface area contributed by atoms with Crippen LogP contribution < -0.4 is 10.6 Å². The van der Waals surface area contributed by atoms with Gasteiger partial charge in [-0.15, -0.1) is 0 Å². The summed E-state index contributed by atoms with van der Waals surface area (Å²) in [4.78, 5) is 0. The maximum absolute atomic E-state index is 5.50. The minimum Gasteiger partial charge on any atom is -0.379 e. The van der Waals surface area contributed by atoms with E-state index in [4.69, 9.17) is 4.74 Å². The molecule has 94 valence electrons. The van der Waals surface area contributed by atoms with Crippen LogP contribution in [0.1, 0.15) is 26.7 Å². The molecule has 2 N–H and O–H groups in total. The van der Waals surface area contributed by atoms with Crippen molar-refractivity contribution in [1.82, 2.24) is 10.6 Å². The van der Waals surface area contributed by atoms with Gasteiger partial charge < -0.3 is 15.4 Å². The normalized spacial score (nSPS) is 32.2. The largest absolute Gasteiger partial charge is 0.379 e.